The number of hydrogen-bond acceptors (Lipinski definition) is 3. The van der Waals surface area contributed by atoms with E-state index in [2.05, 4.69) is 69.5 Å². The van der Waals surface area contributed by atoms with Crippen LogP contribution >= 0.6 is 0 Å². The van der Waals surface area contributed by atoms with Gasteiger partial charge >= 0.3 is 0 Å². The lowest BCUT2D eigenvalue weighted by atomic mass is 9.99. The lowest BCUT2D eigenvalue weighted by molar-refractivity contribution is -0.121. The van der Waals surface area contributed by atoms with E-state index in [9.17, 15) is 4.79 Å². The normalized spacial score (nSPS) is 17.1. The highest BCUT2D eigenvalue weighted by molar-refractivity contribution is 5.86. The Labute approximate surface area is 172 Å². The Morgan fingerprint density at radius 2 is 1.93 bits per heavy atom. The Morgan fingerprint density at radius 1 is 1.14 bits per heavy atom. The van der Waals surface area contributed by atoms with Crippen LogP contribution in [0.3, 0.4) is 0 Å². The number of methoxy groups -OCH3 is 1. The summed E-state index contributed by atoms with van der Waals surface area (Å²) in [5.41, 5.74) is 3.84. The number of nitrogens with one attached hydrogen (secondary N) is 1. The second-order valence-electron chi connectivity index (χ2n) is 7.77. The number of carbonyl (C=O) groups is 1. The van der Waals surface area contributed by atoms with Gasteiger partial charge < -0.3 is 14.6 Å². The third-order valence-electron chi connectivity index (χ3n) is 5.75. The number of nitrogens with zero attached hydrogens (tertiary/aromatic N) is 2. The zero-order valence-corrected chi connectivity index (χ0v) is 17.0. The molecule has 1 aliphatic rings. The van der Waals surface area contributed by atoms with Gasteiger partial charge in [-0.1, -0.05) is 48.5 Å². The zero-order chi connectivity index (χ0) is 20.1. The summed E-state index contributed by atoms with van der Waals surface area (Å²) in [5, 5.41) is 4.14. The Hall–Kier alpha value is -2.63. The molecule has 1 unspecified atom stereocenters. The minimum Gasteiger partial charge on any atom is -0.383 e. The molecule has 2 aromatic carbocycles. The van der Waals surface area contributed by atoms with Crippen LogP contribution in [0.5, 0.6) is 0 Å². The summed E-state index contributed by atoms with van der Waals surface area (Å²) in [6.45, 7) is 4.51. The average molecular weight is 392 g/mol. The van der Waals surface area contributed by atoms with E-state index in [4.69, 9.17) is 4.74 Å². The fourth-order valence-corrected chi connectivity index (χ4v) is 4.30. The van der Waals surface area contributed by atoms with Crippen molar-refractivity contribution in [2.45, 2.75) is 25.4 Å². The van der Waals surface area contributed by atoms with Gasteiger partial charge in [0.05, 0.1) is 6.61 Å². The van der Waals surface area contributed by atoms with Gasteiger partial charge in [0.25, 0.3) is 0 Å². The first-order valence-corrected chi connectivity index (χ1v) is 10.3. The molecule has 4 rings (SSSR count). The quantitative estimate of drug-likeness (QED) is 0.599. The average Bonchev–Trinajstić information content (AvgIpc) is 3.35. The van der Waals surface area contributed by atoms with Crippen LogP contribution in [0.2, 0.25) is 0 Å². The molecule has 3 aromatic rings. The molecule has 0 saturated carbocycles. The molecule has 1 aliphatic heterocycles. The molecule has 29 heavy (non-hydrogen) atoms. The van der Waals surface area contributed by atoms with Crippen molar-refractivity contribution >= 4 is 16.8 Å². The van der Waals surface area contributed by atoms with E-state index in [0.717, 1.165) is 25.2 Å². The molecular formula is C24H29N3O2. The largest absolute Gasteiger partial charge is 0.383 e. The highest BCUT2D eigenvalue weighted by Crippen LogP contribution is 2.30. The van der Waals surface area contributed by atoms with E-state index >= 15 is 0 Å². The van der Waals surface area contributed by atoms with Crippen molar-refractivity contribution in [3.63, 3.8) is 0 Å². The molecule has 0 spiro atoms. The molecule has 1 amide bonds. The second kappa shape index (κ2) is 9.25. The van der Waals surface area contributed by atoms with Crippen LogP contribution in [0.4, 0.5) is 0 Å². The molecule has 0 aliphatic carbocycles. The summed E-state index contributed by atoms with van der Waals surface area (Å²) in [7, 11) is 1.64. The third-order valence-corrected chi connectivity index (χ3v) is 5.75. The first-order valence-electron chi connectivity index (χ1n) is 10.3. The van der Waals surface area contributed by atoms with Crippen molar-refractivity contribution in [1.82, 2.24) is 14.8 Å². The van der Waals surface area contributed by atoms with E-state index in [1.807, 2.05) is 6.07 Å². The number of para-hydroxylation sites is 1. The van der Waals surface area contributed by atoms with Crippen LogP contribution in [0.1, 0.15) is 23.5 Å². The van der Waals surface area contributed by atoms with Crippen LogP contribution < -0.4 is 5.32 Å². The van der Waals surface area contributed by atoms with Crippen molar-refractivity contribution in [3.8, 4) is 0 Å². The number of fused-ring (bicyclic) bond motifs is 1. The van der Waals surface area contributed by atoms with Crippen LogP contribution in [0.15, 0.2) is 60.8 Å². The predicted octanol–water partition coefficient (Wildman–Crippen LogP) is 3.39. The van der Waals surface area contributed by atoms with E-state index < -0.39 is 0 Å². The molecule has 1 N–H and O–H groups in total. The Kier molecular flexibility index (Phi) is 6.27. The second-order valence-corrected chi connectivity index (χ2v) is 7.77. The lowest BCUT2D eigenvalue weighted by Crippen LogP contribution is -2.30. The van der Waals surface area contributed by atoms with Gasteiger partial charge in [-0.2, -0.15) is 0 Å². The summed E-state index contributed by atoms with van der Waals surface area (Å²) in [5.74, 6) is 0.621. The van der Waals surface area contributed by atoms with Gasteiger partial charge in [0.1, 0.15) is 6.54 Å². The molecule has 2 heterocycles. The number of aromatic nitrogens is 1. The van der Waals surface area contributed by atoms with Gasteiger partial charge in [-0.15, -0.1) is 0 Å². The minimum atomic E-state index is 0.0136. The smallest absolute Gasteiger partial charge is 0.240 e. The molecule has 5 nitrogen and oxygen atoms in total. The number of rotatable bonds is 8. The molecule has 1 saturated heterocycles. The molecule has 0 radical (unpaired) electrons. The standard InChI is InChI=1S/C24H29N3O2/c1-29-14-12-25-24(28)18-27-17-21(22-9-5-6-10-23(22)27)16-26-13-11-20(15-26)19-7-3-2-4-8-19/h2-10,17,20H,11-16,18H2,1H3,(H,25,28). The van der Waals surface area contributed by atoms with E-state index in [-0.39, 0.29) is 5.91 Å². The first-order chi connectivity index (χ1) is 14.2. The number of likely N-dealkylation sites (tertiary alicyclic amines) is 1. The molecule has 152 valence electrons. The summed E-state index contributed by atoms with van der Waals surface area (Å²) in [4.78, 5) is 14.8. The van der Waals surface area contributed by atoms with Crippen LogP contribution in [0, 0.1) is 0 Å². The summed E-state index contributed by atoms with van der Waals surface area (Å²) in [6, 6.07) is 19.2. The first kappa shape index (κ1) is 19.7. The van der Waals surface area contributed by atoms with Gasteiger partial charge in [-0.3, -0.25) is 9.69 Å². The number of carbonyl (C=O) groups excluding carboxylic acids is 1. The Bertz CT molecular complexity index is 951. The predicted molar refractivity (Wildman–Crippen MR) is 116 cm³/mol. The van der Waals surface area contributed by atoms with Crippen LogP contribution in [-0.2, 0) is 22.6 Å². The lowest BCUT2D eigenvalue weighted by Gasteiger charge is -2.16. The summed E-state index contributed by atoms with van der Waals surface area (Å²) in [6.07, 6.45) is 3.35. The van der Waals surface area contributed by atoms with Crippen LogP contribution in [-0.4, -0.2) is 48.7 Å². The fraction of sp³-hybridized carbons (Fsp3) is 0.375. The van der Waals surface area contributed by atoms with Gasteiger partial charge in [-0.25, -0.2) is 0 Å². The number of hydrogen-bond donors (Lipinski definition) is 1. The SMILES string of the molecule is COCCNC(=O)Cn1cc(CN2CCC(c3ccccc3)C2)c2ccccc21. The number of ether oxygens (including phenoxy) is 1. The van der Waals surface area contributed by atoms with Gasteiger partial charge in [-0.05, 0) is 36.1 Å². The fourth-order valence-electron chi connectivity index (χ4n) is 4.30. The maximum Gasteiger partial charge on any atom is 0.240 e. The molecule has 1 atom stereocenters. The number of amides is 1. The minimum absolute atomic E-state index is 0.0136. The van der Waals surface area contributed by atoms with Crippen molar-refractivity contribution in [2.24, 2.45) is 0 Å². The van der Waals surface area contributed by atoms with Crippen molar-refractivity contribution in [1.29, 1.82) is 0 Å². The molecule has 0 bridgehead atoms. The molecule has 5 heteroatoms. The zero-order valence-electron chi connectivity index (χ0n) is 17.0. The van der Waals surface area contributed by atoms with Crippen molar-refractivity contribution < 1.29 is 9.53 Å². The monoisotopic (exact) mass is 391 g/mol. The molecule has 1 fully saturated rings. The van der Waals surface area contributed by atoms with E-state index in [0.29, 0.717) is 25.6 Å². The van der Waals surface area contributed by atoms with Gasteiger partial charge in [0.15, 0.2) is 0 Å². The maximum absolute atomic E-state index is 12.3. The maximum atomic E-state index is 12.3. The van der Waals surface area contributed by atoms with Crippen molar-refractivity contribution in [3.05, 3.63) is 71.9 Å². The van der Waals surface area contributed by atoms with Crippen LogP contribution in [0.25, 0.3) is 10.9 Å². The highest BCUT2D eigenvalue weighted by Gasteiger charge is 2.24. The summed E-state index contributed by atoms with van der Waals surface area (Å²) >= 11 is 0. The van der Waals surface area contributed by atoms with Gasteiger partial charge in [0, 0.05) is 43.8 Å². The molecular weight excluding hydrogens is 362 g/mol. The highest BCUT2D eigenvalue weighted by atomic mass is 16.5. The molecule has 1 aromatic heterocycles. The Morgan fingerprint density at radius 3 is 2.76 bits per heavy atom. The topological polar surface area (TPSA) is 46.5 Å². The third kappa shape index (κ3) is 4.69. The Balaban J connectivity index is 1.46. The number of benzene rings is 2. The van der Waals surface area contributed by atoms with Gasteiger partial charge in [0.2, 0.25) is 5.91 Å². The summed E-state index contributed by atoms with van der Waals surface area (Å²) < 4.78 is 7.07. The van der Waals surface area contributed by atoms with E-state index in [1.54, 1.807) is 7.11 Å². The van der Waals surface area contributed by atoms with E-state index in [1.165, 1.54) is 22.9 Å². The van der Waals surface area contributed by atoms with Crippen molar-refractivity contribution in [2.75, 3.05) is 33.4 Å².